The largest absolute Gasteiger partial charge is 0.449 e. The van der Waals surface area contributed by atoms with E-state index in [2.05, 4.69) is 25.8 Å². The molecule has 0 saturated carbocycles. The number of nitrogens with one attached hydrogen (secondary N) is 3. The summed E-state index contributed by atoms with van der Waals surface area (Å²) in [6.45, 7) is 6.42. The first-order valence-corrected chi connectivity index (χ1v) is 11.8. The zero-order valence-corrected chi connectivity index (χ0v) is 21.8. The number of rotatable bonds is 13. The van der Waals surface area contributed by atoms with E-state index in [0.29, 0.717) is 24.6 Å². The molecule has 1 rings (SSSR count). The van der Waals surface area contributed by atoms with Gasteiger partial charge in [0.25, 0.3) is 5.91 Å². The molecule has 10 nitrogen and oxygen atoms in total. The Hall–Kier alpha value is -2.85. The molecule has 0 radical (unpaired) electrons. The molecule has 0 aliphatic rings. The van der Waals surface area contributed by atoms with Crippen LogP contribution in [0.3, 0.4) is 0 Å². The lowest BCUT2D eigenvalue weighted by Crippen LogP contribution is -2.21. The predicted molar refractivity (Wildman–Crippen MR) is 137 cm³/mol. The summed E-state index contributed by atoms with van der Waals surface area (Å²) in [6.07, 6.45) is 2.07. The number of nitrogens with zero attached hydrogens (tertiary/aromatic N) is 2. The molecule has 0 unspecified atom stereocenters. The molecule has 3 N–H and O–H groups in total. The number of amides is 3. The van der Waals surface area contributed by atoms with Crippen molar-refractivity contribution in [3.63, 3.8) is 0 Å². The molecule has 0 bridgehead atoms. The van der Waals surface area contributed by atoms with E-state index in [-0.39, 0.29) is 11.5 Å². The second kappa shape index (κ2) is 18.6. The zero-order valence-electron chi connectivity index (χ0n) is 21.8. The summed E-state index contributed by atoms with van der Waals surface area (Å²) in [5.41, 5.74) is 0.925. The number of anilines is 2. The number of carbonyl (C=O) groups excluding carboxylic acids is 3. The molecule has 0 aliphatic heterocycles. The van der Waals surface area contributed by atoms with E-state index < -0.39 is 12.2 Å². The monoisotopic (exact) mass is 481 g/mol. The fraction of sp³-hybridized carbons (Fsp3) is 0.625. The van der Waals surface area contributed by atoms with Gasteiger partial charge in [-0.05, 0) is 85.2 Å². The van der Waals surface area contributed by atoms with Crippen LogP contribution in [0.5, 0.6) is 0 Å². The Morgan fingerprint density at radius 1 is 0.735 bits per heavy atom. The van der Waals surface area contributed by atoms with E-state index in [1.165, 1.54) is 25.2 Å². The molecule has 0 saturated heterocycles. The van der Waals surface area contributed by atoms with Crippen LogP contribution >= 0.6 is 0 Å². The average molecular weight is 482 g/mol. The minimum atomic E-state index is -0.627. The molecule has 1 aromatic carbocycles. The minimum absolute atomic E-state index is 0.276. The molecular formula is C24H43N5O5. The molecule has 34 heavy (non-hydrogen) atoms. The highest BCUT2D eigenvalue weighted by Crippen LogP contribution is 2.20. The molecule has 3 amide bonds. The summed E-state index contributed by atoms with van der Waals surface area (Å²) in [4.78, 5) is 40.4. The molecule has 0 spiro atoms. The van der Waals surface area contributed by atoms with Gasteiger partial charge in [-0.25, -0.2) is 9.59 Å². The SMILES string of the molecule is CC.CNC(=O)c1cc(NC(=O)OCCCCN(C)C)cc(NC(=O)OCCCCN(C)C)c1. The maximum absolute atomic E-state index is 12.1. The topological polar surface area (TPSA) is 112 Å². The maximum atomic E-state index is 12.1. The third kappa shape index (κ3) is 15.1. The van der Waals surface area contributed by atoms with Crippen molar-refractivity contribution in [3.05, 3.63) is 23.8 Å². The molecule has 194 valence electrons. The van der Waals surface area contributed by atoms with E-state index in [9.17, 15) is 14.4 Å². The number of benzene rings is 1. The Kier molecular flexibility index (Phi) is 17.0. The molecule has 0 aromatic heterocycles. The van der Waals surface area contributed by atoms with E-state index in [1.54, 1.807) is 0 Å². The lowest BCUT2D eigenvalue weighted by molar-refractivity contribution is 0.0962. The van der Waals surface area contributed by atoms with Crippen molar-refractivity contribution in [3.8, 4) is 0 Å². The first kappa shape index (κ1) is 31.1. The van der Waals surface area contributed by atoms with Crippen LogP contribution in [0.2, 0.25) is 0 Å². The van der Waals surface area contributed by atoms with Gasteiger partial charge in [0.15, 0.2) is 0 Å². The Morgan fingerprint density at radius 3 is 1.50 bits per heavy atom. The highest BCUT2D eigenvalue weighted by atomic mass is 16.6. The van der Waals surface area contributed by atoms with Crippen molar-refractivity contribution >= 4 is 29.5 Å². The Bertz CT molecular complexity index is 690. The van der Waals surface area contributed by atoms with Crippen LogP contribution in [0.1, 0.15) is 49.9 Å². The number of hydrogen-bond acceptors (Lipinski definition) is 7. The molecular weight excluding hydrogens is 438 g/mol. The van der Waals surface area contributed by atoms with Crippen molar-refractivity contribution in [1.29, 1.82) is 0 Å². The molecule has 10 heteroatoms. The van der Waals surface area contributed by atoms with Gasteiger partial charge in [-0.1, -0.05) is 13.8 Å². The van der Waals surface area contributed by atoms with Gasteiger partial charge < -0.3 is 24.6 Å². The Labute approximate surface area is 204 Å². The lowest BCUT2D eigenvalue weighted by atomic mass is 10.1. The average Bonchev–Trinajstić information content (AvgIpc) is 2.78. The molecule has 1 aromatic rings. The minimum Gasteiger partial charge on any atom is -0.449 e. The summed E-state index contributed by atoms with van der Waals surface area (Å²) >= 11 is 0. The van der Waals surface area contributed by atoms with E-state index in [4.69, 9.17) is 9.47 Å². The van der Waals surface area contributed by atoms with E-state index >= 15 is 0 Å². The van der Waals surface area contributed by atoms with Crippen molar-refractivity contribution in [2.24, 2.45) is 0 Å². The molecule has 0 heterocycles. The first-order chi connectivity index (χ1) is 16.2. The predicted octanol–water partition coefficient (Wildman–Crippen LogP) is 3.85. The zero-order chi connectivity index (χ0) is 25.9. The van der Waals surface area contributed by atoms with Crippen molar-refractivity contribution < 1.29 is 23.9 Å². The number of unbranched alkanes of at least 4 members (excludes halogenated alkanes) is 2. The second-order valence-corrected chi connectivity index (χ2v) is 7.92. The van der Waals surface area contributed by atoms with Crippen LogP contribution < -0.4 is 16.0 Å². The second-order valence-electron chi connectivity index (χ2n) is 7.92. The highest BCUT2D eigenvalue weighted by Gasteiger charge is 2.12. The number of ether oxygens (including phenoxy) is 2. The highest BCUT2D eigenvalue weighted by molar-refractivity contribution is 5.98. The lowest BCUT2D eigenvalue weighted by Gasteiger charge is -2.13. The van der Waals surface area contributed by atoms with Gasteiger partial charge >= 0.3 is 12.2 Å². The van der Waals surface area contributed by atoms with E-state index in [1.807, 2.05) is 42.0 Å². The van der Waals surface area contributed by atoms with Crippen LogP contribution in [0.15, 0.2) is 18.2 Å². The summed E-state index contributed by atoms with van der Waals surface area (Å²) < 4.78 is 10.4. The van der Waals surface area contributed by atoms with Crippen molar-refractivity contribution in [2.45, 2.75) is 39.5 Å². The molecule has 0 fully saturated rings. The number of carbonyl (C=O) groups is 3. The van der Waals surface area contributed by atoms with Gasteiger partial charge in [0.2, 0.25) is 0 Å². The van der Waals surface area contributed by atoms with Crippen LogP contribution in [0, 0.1) is 0 Å². The van der Waals surface area contributed by atoms with Gasteiger partial charge in [0, 0.05) is 24.0 Å². The summed E-state index contributed by atoms with van der Waals surface area (Å²) in [6, 6.07) is 4.54. The maximum Gasteiger partial charge on any atom is 0.411 e. The number of hydrogen-bond donors (Lipinski definition) is 3. The van der Waals surface area contributed by atoms with Gasteiger partial charge in [0.1, 0.15) is 0 Å². The summed E-state index contributed by atoms with van der Waals surface area (Å²) in [5, 5.41) is 7.72. The van der Waals surface area contributed by atoms with E-state index in [0.717, 1.165) is 38.8 Å². The van der Waals surface area contributed by atoms with Crippen LogP contribution in [0.4, 0.5) is 21.0 Å². The standard InChI is InChI=1S/C22H37N5O5.C2H6/c1-23-20(28)17-14-18(24-21(29)31-12-8-6-10-26(2)3)16-19(15-17)25-22(30)32-13-9-7-11-27(4)5;1-2/h14-16H,6-13H2,1-5H3,(H,23,28)(H,24,29)(H,25,30);1-2H3. The van der Waals surface area contributed by atoms with Gasteiger partial charge in [-0.2, -0.15) is 0 Å². The third-order valence-electron chi connectivity index (χ3n) is 4.38. The van der Waals surface area contributed by atoms with Crippen molar-refractivity contribution in [1.82, 2.24) is 15.1 Å². The van der Waals surface area contributed by atoms with Gasteiger partial charge in [0.05, 0.1) is 13.2 Å². The Balaban J connectivity index is 0.00000529. The summed E-state index contributed by atoms with van der Waals surface area (Å²) in [5.74, 6) is -0.356. The van der Waals surface area contributed by atoms with Gasteiger partial charge in [-0.15, -0.1) is 0 Å². The van der Waals surface area contributed by atoms with Crippen LogP contribution in [-0.4, -0.2) is 89.4 Å². The van der Waals surface area contributed by atoms with Crippen LogP contribution in [0.25, 0.3) is 0 Å². The molecule has 0 atom stereocenters. The quantitative estimate of drug-likeness (QED) is 0.367. The summed E-state index contributed by atoms with van der Waals surface area (Å²) in [7, 11) is 9.44. The third-order valence-corrected chi connectivity index (χ3v) is 4.38. The smallest absolute Gasteiger partial charge is 0.411 e. The normalized spacial score (nSPS) is 10.3. The fourth-order valence-corrected chi connectivity index (χ4v) is 2.75. The van der Waals surface area contributed by atoms with Gasteiger partial charge in [-0.3, -0.25) is 15.4 Å². The van der Waals surface area contributed by atoms with Crippen LogP contribution in [-0.2, 0) is 9.47 Å². The fourth-order valence-electron chi connectivity index (χ4n) is 2.75. The molecule has 0 aliphatic carbocycles. The Morgan fingerprint density at radius 2 is 1.15 bits per heavy atom. The van der Waals surface area contributed by atoms with Crippen molar-refractivity contribution in [2.75, 3.05) is 72.2 Å². The first-order valence-electron chi connectivity index (χ1n) is 11.8.